The van der Waals surface area contributed by atoms with Crippen LogP contribution in [0.25, 0.3) is 0 Å². The number of hydrogen-bond acceptors (Lipinski definition) is 5. The molecule has 0 fully saturated rings. The average Bonchev–Trinajstić information content (AvgIpc) is 2.64. The zero-order valence-electron chi connectivity index (χ0n) is 13.7. The fourth-order valence-corrected chi connectivity index (χ4v) is 2.14. The van der Waals surface area contributed by atoms with Crippen LogP contribution in [0.2, 0.25) is 0 Å². The fourth-order valence-electron chi connectivity index (χ4n) is 2.14. The molecule has 0 spiro atoms. The topological polar surface area (TPSA) is 68.5 Å². The molecule has 5 nitrogen and oxygen atoms in total. The van der Waals surface area contributed by atoms with E-state index < -0.39 is 5.97 Å². The van der Waals surface area contributed by atoms with E-state index in [0.717, 1.165) is 11.1 Å². The molecule has 0 N–H and O–H groups in total. The molecule has 0 unspecified atom stereocenters. The highest BCUT2D eigenvalue weighted by Gasteiger charge is 2.12. The Balaban J connectivity index is 2.04. The van der Waals surface area contributed by atoms with Gasteiger partial charge in [0, 0.05) is 12.2 Å². The Kier molecular flexibility index (Phi) is 6.35. The van der Waals surface area contributed by atoms with Crippen molar-refractivity contribution in [2.45, 2.75) is 20.1 Å². The van der Waals surface area contributed by atoms with Gasteiger partial charge >= 0.3 is 5.97 Å². The summed E-state index contributed by atoms with van der Waals surface area (Å²) < 4.78 is 16.0. The second-order valence-electron chi connectivity index (χ2n) is 5.05. The van der Waals surface area contributed by atoms with Crippen molar-refractivity contribution in [3.63, 3.8) is 0 Å². The SMILES string of the molecule is CCOCc1cc(C(=O)OCc2ccc(C#N)cc2)ccc1OC. The molecule has 124 valence electrons. The number of ether oxygens (including phenoxy) is 3. The maximum absolute atomic E-state index is 12.2. The molecule has 0 atom stereocenters. The second-order valence-corrected chi connectivity index (χ2v) is 5.05. The van der Waals surface area contributed by atoms with Gasteiger partial charge in [-0.1, -0.05) is 12.1 Å². The lowest BCUT2D eigenvalue weighted by molar-refractivity contribution is 0.0472. The summed E-state index contributed by atoms with van der Waals surface area (Å²) in [6, 6.07) is 14.1. The molecular formula is C19H19NO4. The lowest BCUT2D eigenvalue weighted by atomic mass is 10.1. The van der Waals surface area contributed by atoms with Crippen molar-refractivity contribution in [2.75, 3.05) is 13.7 Å². The molecular weight excluding hydrogens is 306 g/mol. The number of carbonyl (C=O) groups is 1. The first kappa shape index (κ1) is 17.5. The molecule has 0 radical (unpaired) electrons. The van der Waals surface area contributed by atoms with E-state index in [4.69, 9.17) is 19.5 Å². The number of nitriles is 1. The number of esters is 1. The number of benzene rings is 2. The molecule has 24 heavy (non-hydrogen) atoms. The molecule has 0 aromatic heterocycles. The lowest BCUT2D eigenvalue weighted by Crippen LogP contribution is -2.07. The molecule has 5 heteroatoms. The number of rotatable bonds is 7. The van der Waals surface area contributed by atoms with E-state index in [9.17, 15) is 4.79 Å². The predicted molar refractivity (Wildman–Crippen MR) is 88.6 cm³/mol. The zero-order valence-corrected chi connectivity index (χ0v) is 13.7. The Morgan fingerprint density at radius 3 is 2.50 bits per heavy atom. The molecule has 2 aromatic rings. The summed E-state index contributed by atoms with van der Waals surface area (Å²) in [5.74, 6) is 0.256. The van der Waals surface area contributed by atoms with Gasteiger partial charge in [0.15, 0.2) is 0 Å². The van der Waals surface area contributed by atoms with Gasteiger partial charge in [-0.05, 0) is 42.8 Å². The van der Waals surface area contributed by atoms with Crippen LogP contribution in [0.5, 0.6) is 5.75 Å². The van der Waals surface area contributed by atoms with Crippen LogP contribution in [0.4, 0.5) is 0 Å². The average molecular weight is 325 g/mol. The minimum Gasteiger partial charge on any atom is -0.496 e. The molecule has 0 aliphatic heterocycles. The molecule has 0 bridgehead atoms. The van der Waals surface area contributed by atoms with Crippen LogP contribution in [0.1, 0.15) is 34.0 Å². The van der Waals surface area contributed by atoms with Crippen LogP contribution in [0, 0.1) is 11.3 Å². The van der Waals surface area contributed by atoms with Crippen LogP contribution in [-0.4, -0.2) is 19.7 Å². The molecule has 0 aliphatic rings. The predicted octanol–water partition coefficient (Wildman–Crippen LogP) is 3.46. The van der Waals surface area contributed by atoms with Gasteiger partial charge in [0.2, 0.25) is 0 Å². The van der Waals surface area contributed by atoms with E-state index in [1.54, 1.807) is 49.6 Å². The maximum Gasteiger partial charge on any atom is 0.338 e. The highest BCUT2D eigenvalue weighted by Crippen LogP contribution is 2.21. The molecule has 0 saturated heterocycles. The van der Waals surface area contributed by atoms with Gasteiger partial charge in [-0.15, -0.1) is 0 Å². The quantitative estimate of drug-likeness (QED) is 0.729. The molecule has 2 aromatic carbocycles. The number of nitrogens with zero attached hydrogens (tertiary/aromatic N) is 1. The summed E-state index contributed by atoms with van der Waals surface area (Å²) in [5.41, 5.74) is 2.64. The van der Waals surface area contributed by atoms with E-state index in [0.29, 0.717) is 30.1 Å². The van der Waals surface area contributed by atoms with E-state index in [1.807, 2.05) is 13.0 Å². The van der Waals surface area contributed by atoms with Gasteiger partial charge in [0.05, 0.1) is 30.9 Å². The van der Waals surface area contributed by atoms with Crippen LogP contribution in [0.3, 0.4) is 0 Å². The minimum absolute atomic E-state index is 0.150. The van der Waals surface area contributed by atoms with Gasteiger partial charge < -0.3 is 14.2 Å². The van der Waals surface area contributed by atoms with Gasteiger partial charge in [0.25, 0.3) is 0 Å². The van der Waals surface area contributed by atoms with Crippen molar-refractivity contribution in [3.8, 4) is 11.8 Å². The number of hydrogen-bond donors (Lipinski definition) is 0. The molecule has 0 saturated carbocycles. The smallest absolute Gasteiger partial charge is 0.338 e. The molecule has 0 aliphatic carbocycles. The van der Waals surface area contributed by atoms with Crippen LogP contribution in [0.15, 0.2) is 42.5 Å². The Hall–Kier alpha value is -2.84. The molecule has 2 rings (SSSR count). The van der Waals surface area contributed by atoms with Crippen molar-refractivity contribution in [2.24, 2.45) is 0 Å². The summed E-state index contributed by atoms with van der Waals surface area (Å²) in [4.78, 5) is 12.2. The molecule has 0 heterocycles. The minimum atomic E-state index is -0.417. The summed E-state index contributed by atoms with van der Waals surface area (Å²) >= 11 is 0. The summed E-state index contributed by atoms with van der Waals surface area (Å²) in [7, 11) is 1.58. The van der Waals surface area contributed by atoms with Crippen molar-refractivity contribution in [3.05, 3.63) is 64.7 Å². The van der Waals surface area contributed by atoms with E-state index in [1.165, 1.54) is 0 Å². The second kappa shape index (κ2) is 8.70. The van der Waals surface area contributed by atoms with Crippen LogP contribution in [-0.2, 0) is 22.7 Å². The third kappa shape index (κ3) is 4.58. The summed E-state index contributed by atoms with van der Waals surface area (Å²) in [5, 5.41) is 8.77. The third-order valence-corrected chi connectivity index (χ3v) is 3.43. The van der Waals surface area contributed by atoms with Crippen molar-refractivity contribution in [1.29, 1.82) is 5.26 Å². The van der Waals surface area contributed by atoms with Crippen LogP contribution >= 0.6 is 0 Å². The fraction of sp³-hybridized carbons (Fsp3) is 0.263. The lowest BCUT2D eigenvalue weighted by Gasteiger charge is -2.11. The zero-order chi connectivity index (χ0) is 17.4. The number of carbonyl (C=O) groups excluding carboxylic acids is 1. The molecule has 0 amide bonds. The standard InChI is InChI=1S/C19H19NO4/c1-3-23-13-17-10-16(8-9-18(17)22-2)19(21)24-12-15-6-4-14(11-20)5-7-15/h4-10H,3,12-13H2,1-2H3. The Morgan fingerprint density at radius 1 is 1.12 bits per heavy atom. The highest BCUT2D eigenvalue weighted by atomic mass is 16.5. The van der Waals surface area contributed by atoms with Gasteiger partial charge in [-0.2, -0.15) is 5.26 Å². The van der Waals surface area contributed by atoms with Crippen molar-refractivity contribution < 1.29 is 19.0 Å². The van der Waals surface area contributed by atoms with Crippen molar-refractivity contribution >= 4 is 5.97 Å². The summed E-state index contributed by atoms with van der Waals surface area (Å²) in [6.07, 6.45) is 0. The maximum atomic E-state index is 12.2. The third-order valence-electron chi connectivity index (χ3n) is 3.43. The largest absolute Gasteiger partial charge is 0.496 e. The van der Waals surface area contributed by atoms with E-state index in [-0.39, 0.29) is 6.61 Å². The Morgan fingerprint density at radius 2 is 1.88 bits per heavy atom. The van der Waals surface area contributed by atoms with Crippen LogP contribution < -0.4 is 4.74 Å². The Labute approximate surface area is 141 Å². The monoisotopic (exact) mass is 325 g/mol. The first-order valence-electron chi connectivity index (χ1n) is 7.58. The normalized spacial score (nSPS) is 10.0. The Bertz CT molecular complexity index is 732. The highest BCUT2D eigenvalue weighted by molar-refractivity contribution is 5.89. The van der Waals surface area contributed by atoms with Gasteiger partial charge in [0.1, 0.15) is 12.4 Å². The number of methoxy groups -OCH3 is 1. The van der Waals surface area contributed by atoms with Gasteiger partial charge in [-0.25, -0.2) is 4.79 Å². The first-order valence-corrected chi connectivity index (χ1v) is 7.58. The van der Waals surface area contributed by atoms with E-state index in [2.05, 4.69) is 0 Å². The van der Waals surface area contributed by atoms with Crippen molar-refractivity contribution in [1.82, 2.24) is 0 Å². The van der Waals surface area contributed by atoms with E-state index >= 15 is 0 Å². The first-order chi connectivity index (χ1) is 11.7. The van der Waals surface area contributed by atoms with Gasteiger partial charge in [-0.3, -0.25) is 0 Å². The summed E-state index contributed by atoms with van der Waals surface area (Å²) in [6.45, 7) is 3.01.